The minimum Gasteiger partial charge on any atom is -0.285 e. The summed E-state index contributed by atoms with van der Waals surface area (Å²) in [6, 6.07) is 3.28. The van der Waals surface area contributed by atoms with Crippen LogP contribution >= 0.6 is 11.6 Å². The van der Waals surface area contributed by atoms with E-state index in [0.717, 1.165) is 0 Å². The molecule has 2 heterocycles. The van der Waals surface area contributed by atoms with Gasteiger partial charge in [-0.1, -0.05) is 16.8 Å². The monoisotopic (exact) mass is 222 g/mol. The Kier molecular flexibility index (Phi) is 2.47. The second kappa shape index (κ2) is 3.78. The molecule has 2 rings (SSSR count). The van der Waals surface area contributed by atoms with Gasteiger partial charge in [-0.3, -0.25) is 9.78 Å². The highest BCUT2D eigenvalue weighted by atomic mass is 35.5. The fourth-order valence-corrected chi connectivity index (χ4v) is 1.38. The molecule has 0 radical (unpaired) electrons. The summed E-state index contributed by atoms with van der Waals surface area (Å²) in [5.74, 6) is -0.284. The second-order valence-electron chi connectivity index (χ2n) is 2.91. The lowest BCUT2D eigenvalue weighted by atomic mass is 10.2. The molecule has 0 amide bonds. The van der Waals surface area contributed by atoms with E-state index in [9.17, 15) is 4.79 Å². The fourth-order valence-electron chi connectivity index (χ4n) is 1.17. The Hall–Kier alpha value is -1.75. The molecule has 6 heteroatoms. The number of rotatable bonds is 2. The number of halogens is 1. The molecule has 0 spiro atoms. The Morgan fingerprint density at radius 2 is 2.33 bits per heavy atom. The van der Waals surface area contributed by atoms with E-state index in [1.54, 1.807) is 19.2 Å². The molecule has 5 nitrogen and oxygen atoms in total. The highest BCUT2D eigenvalue weighted by molar-refractivity contribution is 6.34. The molecular formula is C9H7ClN4O. The van der Waals surface area contributed by atoms with Gasteiger partial charge in [-0.05, 0) is 12.1 Å². The van der Waals surface area contributed by atoms with Crippen LogP contribution in [0.25, 0.3) is 0 Å². The molecule has 76 valence electrons. The lowest BCUT2D eigenvalue weighted by molar-refractivity contribution is 0.102. The molecule has 0 saturated carbocycles. The molecule has 0 aliphatic carbocycles. The van der Waals surface area contributed by atoms with Crippen molar-refractivity contribution in [2.75, 3.05) is 0 Å². The van der Waals surface area contributed by atoms with Crippen LogP contribution in [0.5, 0.6) is 0 Å². The van der Waals surface area contributed by atoms with Crippen molar-refractivity contribution in [1.29, 1.82) is 0 Å². The van der Waals surface area contributed by atoms with Crippen molar-refractivity contribution in [1.82, 2.24) is 20.0 Å². The largest absolute Gasteiger partial charge is 0.285 e. The summed E-state index contributed by atoms with van der Waals surface area (Å²) in [5.41, 5.74) is 0.570. The van der Waals surface area contributed by atoms with E-state index >= 15 is 0 Å². The lowest BCUT2D eigenvalue weighted by Gasteiger charge is -2.00. The molecule has 2 aromatic heterocycles. The maximum absolute atomic E-state index is 11.9. The first-order valence-electron chi connectivity index (χ1n) is 4.20. The molecule has 0 fully saturated rings. The third-order valence-corrected chi connectivity index (χ3v) is 2.23. The summed E-state index contributed by atoms with van der Waals surface area (Å²) in [6.07, 6.45) is 2.90. The van der Waals surface area contributed by atoms with E-state index in [-0.39, 0.29) is 11.5 Å². The van der Waals surface area contributed by atoms with Gasteiger partial charge in [0, 0.05) is 13.2 Å². The first-order valence-corrected chi connectivity index (χ1v) is 4.58. The summed E-state index contributed by atoms with van der Waals surface area (Å²) in [7, 11) is 1.64. The molecule has 0 aromatic carbocycles. The van der Waals surface area contributed by atoms with Crippen LogP contribution in [-0.2, 0) is 7.05 Å². The predicted octanol–water partition coefficient (Wildman–Crippen LogP) is 1.09. The zero-order chi connectivity index (χ0) is 10.8. The fraction of sp³-hybridized carbons (Fsp3) is 0.111. The van der Waals surface area contributed by atoms with Crippen LogP contribution in [0.1, 0.15) is 16.2 Å². The SMILES string of the molecule is Cn1nncc1C(=O)c1ncccc1Cl. The van der Waals surface area contributed by atoms with E-state index in [0.29, 0.717) is 10.7 Å². The normalized spacial score (nSPS) is 10.3. The summed E-state index contributed by atoms with van der Waals surface area (Å²) in [6.45, 7) is 0. The number of nitrogens with zero attached hydrogens (tertiary/aromatic N) is 4. The maximum atomic E-state index is 11.9. The third-order valence-electron chi connectivity index (χ3n) is 1.92. The number of pyridine rings is 1. The van der Waals surface area contributed by atoms with Crippen molar-refractivity contribution in [3.8, 4) is 0 Å². The van der Waals surface area contributed by atoms with Crippen molar-refractivity contribution in [2.24, 2.45) is 7.05 Å². The molecule has 0 N–H and O–H groups in total. The predicted molar refractivity (Wildman–Crippen MR) is 53.7 cm³/mol. The molecule has 0 unspecified atom stereocenters. The lowest BCUT2D eigenvalue weighted by Crippen LogP contribution is -2.10. The van der Waals surface area contributed by atoms with E-state index < -0.39 is 0 Å². The second-order valence-corrected chi connectivity index (χ2v) is 3.31. The van der Waals surface area contributed by atoms with Gasteiger partial charge in [-0.2, -0.15) is 0 Å². The van der Waals surface area contributed by atoms with Gasteiger partial charge < -0.3 is 0 Å². The van der Waals surface area contributed by atoms with Crippen molar-refractivity contribution in [3.05, 3.63) is 40.9 Å². The van der Waals surface area contributed by atoms with Gasteiger partial charge >= 0.3 is 0 Å². The quantitative estimate of drug-likeness (QED) is 0.714. The van der Waals surface area contributed by atoms with Crippen molar-refractivity contribution in [2.45, 2.75) is 0 Å². The number of hydrogen-bond acceptors (Lipinski definition) is 4. The molecule has 0 bridgehead atoms. The van der Waals surface area contributed by atoms with Gasteiger partial charge in [0.05, 0.1) is 11.2 Å². The van der Waals surface area contributed by atoms with Gasteiger partial charge in [0.15, 0.2) is 0 Å². The molecule has 2 aromatic rings. The van der Waals surface area contributed by atoms with Crippen LogP contribution in [0.2, 0.25) is 5.02 Å². The van der Waals surface area contributed by atoms with Gasteiger partial charge in [0.25, 0.3) is 0 Å². The van der Waals surface area contributed by atoms with E-state index in [1.807, 2.05) is 0 Å². The van der Waals surface area contributed by atoms with E-state index in [1.165, 1.54) is 17.1 Å². The molecular weight excluding hydrogens is 216 g/mol. The Balaban J connectivity index is 2.46. The zero-order valence-corrected chi connectivity index (χ0v) is 8.64. The smallest absolute Gasteiger partial charge is 0.232 e. The Bertz CT molecular complexity index is 508. The summed E-state index contributed by atoms with van der Waals surface area (Å²) < 4.78 is 1.38. The number of aromatic nitrogens is 4. The molecule has 0 saturated heterocycles. The number of aryl methyl sites for hydroxylation is 1. The number of carbonyl (C=O) groups excluding carboxylic acids is 1. The zero-order valence-electron chi connectivity index (χ0n) is 7.88. The van der Waals surface area contributed by atoms with Crippen LogP contribution in [0.3, 0.4) is 0 Å². The first kappa shape index (κ1) is 9.79. The standard InChI is InChI=1S/C9H7ClN4O/c1-14-7(5-12-13-14)9(15)8-6(10)3-2-4-11-8/h2-5H,1H3. The summed E-state index contributed by atoms with van der Waals surface area (Å²) in [5, 5.41) is 7.61. The van der Waals surface area contributed by atoms with Gasteiger partial charge in [-0.25, -0.2) is 4.68 Å². The average molecular weight is 223 g/mol. The molecule has 0 aliphatic rings. The molecule has 0 atom stereocenters. The van der Waals surface area contributed by atoms with E-state index in [2.05, 4.69) is 15.3 Å². The highest BCUT2D eigenvalue weighted by Gasteiger charge is 2.17. The number of carbonyl (C=O) groups is 1. The van der Waals surface area contributed by atoms with Crippen molar-refractivity contribution < 1.29 is 4.79 Å². The third kappa shape index (κ3) is 1.73. The summed E-state index contributed by atoms with van der Waals surface area (Å²) in [4.78, 5) is 15.8. The number of hydrogen-bond donors (Lipinski definition) is 0. The minimum absolute atomic E-state index is 0.213. The average Bonchev–Trinajstić information content (AvgIpc) is 2.64. The van der Waals surface area contributed by atoms with Crippen molar-refractivity contribution in [3.63, 3.8) is 0 Å². The first-order chi connectivity index (χ1) is 7.20. The van der Waals surface area contributed by atoms with Crippen LogP contribution < -0.4 is 0 Å². The Morgan fingerprint density at radius 1 is 1.53 bits per heavy atom. The van der Waals surface area contributed by atoms with E-state index in [4.69, 9.17) is 11.6 Å². The van der Waals surface area contributed by atoms with Crippen LogP contribution in [0, 0.1) is 0 Å². The minimum atomic E-state index is -0.284. The van der Waals surface area contributed by atoms with Gasteiger partial charge in [-0.15, -0.1) is 5.10 Å². The van der Waals surface area contributed by atoms with Crippen LogP contribution in [-0.4, -0.2) is 25.8 Å². The van der Waals surface area contributed by atoms with Gasteiger partial charge in [0.1, 0.15) is 11.4 Å². The van der Waals surface area contributed by atoms with Crippen LogP contribution in [0.15, 0.2) is 24.5 Å². The van der Waals surface area contributed by atoms with Crippen LogP contribution in [0.4, 0.5) is 0 Å². The molecule has 0 aliphatic heterocycles. The summed E-state index contributed by atoms with van der Waals surface area (Å²) >= 11 is 5.85. The van der Waals surface area contributed by atoms with Gasteiger partial charge in [0.2, 0.25) is 5.78 Å². The van der Waals surface area contributed by atoms with Crippen molar-refractivity contribution >= 4 is 17.4 Å². The number of ketones is 1. The topological polar surface area (TPSA) is 60.7 Å². The molecule has 15 heavy (non-hydrogen) atoms. The Morgan fingerprint density at radius 3 is 2.93 bits per heavy atom. The highest BCUT2D eigenvalue weighted by Crippen LogP contribution is 2.15. The Labute approximate surface area is 90.7 Å². The maximum Gasteiger partial charge on any atom is 0.232 e.